The third-order valence-corrected chi connectivity index (χ3v) is 12.6. The van der Waals surface area contributed by atoms with E-state index in [1.807, 2.05) is 6.20 Å². The molecule has 0 fully saturated rings. The molecule has 0 unspecified atom stereocenters. The Morgan fingerprint density at radius 2 is 0.931 bits per heavy atom. The third kappa shape index (κ3) is 4.80. The quantitative estimate of drug-likeness (QED) is 0.168. The zero-order valence-corrected chi connectivity index (χ0v) is 32.2. The molecule has 0 saturated carbocycles. The molecule has 3 nitrogen and oxygen atoms in total. The van der Waals surface area contributed by atoms with Gasteiger partial charge in [0.05, 0.1) is 34.0 Å². The van der Waals surface area contributed by atoms with Gasteiger partial charge in [-0.15, -0.1) is 0 Å². The van der Waals surface area contributed by atoms with Crippen molar-refractivity contribution in [3.8, 4) is 50.3 Å². The fourth-order valence-corrected chi connectivity index (χ4v) is 9.72. The normalized spacial score (nSPS) is 13.1. The molecule has 12 rings (SSSR count). The van der Waals surface area contributed by atoms with Crippen molar-refractivity contribution in [1.29, 1.82) is 0 Å². The minimum absolute atomic E-state index is 0.197. The molecule has 0 bridgehead atoms. The van der Waals surface area contributed by atoms with Gasteiger partial charge in [0.2, 0.25) is 0 Å². The average molecular weight is 740 g/mol. The molecular formula is C55H37N3. The summed E-state index contributed by atoms with van der Waals surface area (Å²) >= 11 is 0. The van der Waals surface area contributed by atoms with Crippen LogP contribution in [0.3, 0.4) is 0 Å². The van der Waals surface area contributed by atoms with Crippen LogP contribution in [0.5, 0.6) is 0 Å². The van der Waals surface area contributed by atoms with E-state index in [-0.39, 0.29) is 5.41 Å². The van der Waals surface area contributed by atoms with Gasteiger partial charge < -0.3 is 4.57 Å². The van der Waals surface area contributed by atoms with Crippen LogP contribution < -0.4 is 0 Å². The van der Waals surface area contributed by atoms with E-state index in [0.29, 0.717) is 0 Å². The molecular weight excluding hydrogens is 703 g/mol. The van der Waals surface area contributed by atoms with Crippen molar-refractivity contribution in [2.45, 2.75) is 19.3 Å². The predicted octanol–water partition coefficient (Wildman–Crippen LogP) is 14.3. The summed E-state index contributed by atoms with van der Waals surface area (Å²) < 4.78 is 2.39. The highest BCUT2D eigenvalue weighted by molar-refractivity contribution is 6.23. The van der Waals surface area contributed by atoms with Crippen molar-refractivity contribution in [1.82, 2.24) is 14.5 Å². The van der Waals surface area contributed by atoms with E-state index in [9.17, 15) is 0 Å². The van der Waals surface area contributed by atoms with Crippen molar-refractivity contribution >= 4 is 54.4 Å². The van der Waals surface area contributed by atoms with Crippen LogP contribution in [0.4, 0.5) is 0 Å². The SMILES string of the molecule is CC1(C)c2cc(-c3cccc(-c4ccc5c6ccccc6n(-c6ccccc6)c5c4)c3)ccc2-c2ccc(-c3cnc4c5ccccc5c5ccccc5c4n3)cc21. The van der Waals surface area contributed by atoms with Gasteiger partial charge in [-0.05, 0) is 97.7 Å². The number of fused-ring (bicyclic) bond motifs is 12. The summed E-state index contributed by atoms with van der Waals surface area (Å²) in [6, 6.07) is 66.3. The van der Waals surface area contributed by atoms with Crippen molar-refractivity contribution in [2.75, 3.05) is 0 Å². The lowest BCUT2D eigenvalue weighted by atomic mass is 9.81. The number of hydrogen-bond acceptors (Lipinski definition) is 2. The summed E-state index contributed by atoms with van der Waals surface area (Å²) in [6.45, 7) is 4.71. The zero-order valence-electron chi connectivity index (χ0n) is 32.2. The van der Waals surface area contributed by atoms with E-state index in [4.69, 9.17) is 9.97 Å². The number of rotatable bonds is 4. The lowest BCUT2D eigenvalue weighted by Crippen LogP contribution is -2.15. The maximum absolute atomic E-state index is 5.32. The summed E-state index contributed by atoms with van der Waals surface area (Å²) in [5.74, 6) is 0. The van der Waals surface area contributed by atoms with Gasteiger partial charge in [-0.1, -0.05) is 153 Å². The Labute approximate surface area is 336 Å². The summed E-state index contributed by atoms with van der Waals surface area (Å²) in [7, 11) is 0. The summed E-state index contributed by atoms with van der Waals surface area (Å²) in [6.07, 6.45) is 1.95. The molecule has 58 heavy (non-hydrogen) atoms. The highest BCUT2D eigenvalue weighted by atomic mass is 15.0. The fourth-order valence-electron chi connectivity index (χ4n) is 9.72. The van der Waals surface area contributed by atoms with Crippen molar-refractivity contribution in [3.63, 3.8) is 0 Å². The van der Waals surface area contributed by atoms with Gasteiger partial charge in [-0.3, -0.25) is 4.98 Å². The third-order valence-electron chi connectivity index (χ3n) is 12.6. The van der Waals surface area contributed by atoms with E-state index in [0.717, 1.165) is 33.1 Å². The molecule has 0 saturated heterocycles. The molecule has 1 aliphatic carbocycles. The number of hydrogen-bond donors (Lipinski definition) is 0. The minimum atomic E-state index is -0.197. The molecule has 0 spiro atoms. The summed E-state index contributed by atoms with van der Waals surface area (Å²) in [5.41, 5.74) is 17.4. The monoisotopic (exact) mass is 739 g/mol. The van der Waals surface area contributed by atoms with Crippen LogP contribution in [0.1, 0.15) is 25.0 Å². The lowest BCUT2D eigenvalue weighted by molar-refractivity contribution is 0.661. The van der Waals surface area contributed by atoms with Crippen molar-refractivity contribution in [2.24, 2.45) is 0 Å². The number of aromatic nitrogens is 3. The molecule has 0 amide bonds. The molecule has 11 aromatic rings. The van der Waals surface area contributed by atoms with Gasteiger partial charge in [-0.2, -0.15) is 0 Å². The number of benzene rings is 9. The zero-order chi connectivity index (χ0) is 38.5. The molecule has 0 N–H and O–H groups in total. The van der Waals surface area contributed by atoms with Gasteiger partial charge >= 0.3 is 0 Å². The second-order valence-electron chi connectivity index (χ2n) is 16.2. The second-order valence-corrected chi connectivity index (χ2v) is 16.2. The first-order chi connectivity index (χ1) is 28.5. The fraction of sp³-hybridized carbons (Fsp3) is 0.0545. The second kappa shape index (κ2) is 12.3. The largest absolute Gasteiger partial charge is 0.309 e. The van der Waals surface area contributed by atoms with Gasteiger partial charge in [0.15, 0.2) is 0 Å². The van der Waals surface area contributed by atoms with Crippen LogP contribution in [0.15, 0.2) is 188 Å². The molecule has 2 heterocycles. The molecule has 0 aliphatic heterocycles. The summed E-state index contributed by atoms with van der Waals surface area (Å²) in [5, 5.41) is 7.21. The molecule has 0 radical (unpaired) electrons. The smallest absolute Gasteiger partial charge is 0.0979 e. The Morgan fingerprint density at radius 3 is 1.66 bits per heavy atom. The van der Waals surface area contributed by atoms with E-state index < -0.39 is 0 Å². The lowest BCUT2D eigenvalue weighted by Gasteiger charge is -2.22. The first-order valence-corrected chi connectivity index (χ1v) is 20.1. The minimum Gasteiger partial charge on any atom is -0.309 e. The maximum Gasteiger partial charge on any atom is 0.0979 e. The van der Waals surface area contributed by atoms with Crippen LogP contribution in [-0.4, -0.2) is 14.5 Å². The van der Waals surface area contributed by atoms with E-state index in [1.54, 1.807) is 0 Å². The molecule has 3 heteroatoms. The Morgan fingerprint density at radius 1 is 0.397 bits per heavy atom. The highest BCUT2D eigenvalue weighted by Crippen LogP contribution is 2.51. The molecule has 2 aromatic heterocycles. The van der Waals surface area contributed by atoms with Crippen LogP contribution >= 0.6 is 0 Å². The van der Waals surface area contributed by atoms with Crippen molar-refractivity contribution < 1.29 is 0 Å². The van der Waals surface area contributed by atoms with Crippen LogP contribution in [0.25, 0.3) is 105 Å². The molecule has 272 valence electrons. The van der Waals surface area contributed by atoms with Crippen LogP contribution in [-0.2, 0) is 5.41 Å². The van der Waals surface area contributed by atoms with E-state index in [1.165, 1.54) is 82.8 Å². The Bertz CT molecular complexity index is 3450. The topological polar surface area (TPSA) is 30.7 Å². The van der Waals surface area contributed by atoms with Gasteiger partial charge in [0.1, 0.15) is 0 Å². The van der Waals surface area contributed by atoms with Gasteiger partial charge in [0, 0.05) is 38.2 Å². The highest BCUT2D eigenvalue weighted by Gasteiger charge is 2.36. The summed E-state index contributed by atoms with van der Waals surface area (Å²) in [4.78, 5) is 10.4. The Kier molecular flexibility index (Phi) is 6.98. The van der Waals surface area contributed by atoms with Gasteiger partial charge in [-0.25, -0.2) is 4.98 Å². The Hall–Kier alpha value is -7.36. The van der Waals surface area contributed by atoms with Gasteiger partial charge in [0.25, 0.3) is 0 Å². The molecule has 9 aromatic carbocycles. The van der Waals surface area contributed by atoms with E-state index in [2.05, 4.69) is 200 Å². The van der Waals surface area contributed by atoms with Crippen molar-refractivity contribution in [3.05, 3.63) is 199 Å². The number of nitrogens with zero attached hydrogens (tertiary/aromatic N) is 3. The predicted molar refractivity (Wildman–Crippen MR) is 243 cm³/mol. The first-order valence-electron chi connectivity index (χ1n) is 20.1. The number of para-hydroxylation sites is 2. The first kappa shape index (κ1) is 32.8. The molecule has 0 atom stereocenters. The standard InChI is InChI=1S/C55H37N3/c1-55(2)48-30-36(34-13-12-14-35(29-34)37-24-28-45-44-19-10-11-22-51(44)58(52(45)32-37)39-15-4-3-5-16-39)23-26-42(48)43-27-25-38(31-49(43)55)50-33-56-53-46-20-8-6-17-40(46)41-18-7-9-21-47(41)54(53)57-50/h3-33H,1-2H3. The van der Waals surface area contributed by atoms with Crippen LogP contribution in [0, 0.1) is 0 Å². The van der Waals surface area contributed by atoms with Crippen LogP contribution in [0.2, 0.25) is 0 Å². The molecule has 1 aliphatic rings. The Balaban J connectivity index is 0.919. The maximum atomic E-state index is 5.32. The average Bonchev–Trinajstić information content (AvgIpc) is 3.73. The van der Waals surface area contributed by atoms with E-state index >= 15 is 0 Å².